The average Bonchev–Trinajstić information content (AvgIpc) is 2.84. The van der Waals surface area contributed by atoms with E-state index in [1.165, 1.54) is 6.92 Å². The van der Waals surface area contributed by atoms with Gasteiger partial charge in [0.1, 0.15) is 5.71 Å². The van der Waals surface area contributed by atoms with Gasteiger partial charge in [0.15, 0.2) is 5.78 Å². The van der Waals surface area contributed by atoms with Crippen LogP contribution in [-0.4, -0.2) is 30.3 Å². The van der Waals surface area contributed by atoms with Crippen LogP contribution >= 0.6 is 11.8 Å². The van der Waals surface area contributed by atoms with Crippen LogP contribution in [0, 0.1) is 0 Å². The van der Waals surface area contributed by atoms with Gasteiger partial charge in [0.2, 0.25) is 0 Å². The molecule has 0 unspecified atom stereocenters. The van der Waals surface area contributed by atoms with Crippen LogP contribution < -0.4 is 4.90 Å². The van der Waals surface area contributed by atoms with E-state index in [0.717, 1.165) is 22.7 Å². The molecule has 0 saturated carbocycles. The van der Waals surface area contributed by atoms with Crippen molar-refractivity contribution in [3.8, 4) is 0 Å². The number of hydrogen-bond donors (Lipinski definition) is 0. The Balaban J connectivity index is 2.09. The van der Waals surface area contributed by atoms with Crippen molar-refractivity contribution in [1.29, 1.82) is 0 Å². The Hall–Kier alpha value is -3.12. The van der Waals surface area contributed by atoms with E-state index in [1.54, 1.807) is 11.8 Å². The lowest BCUT2D eigenvalue weighted by Gasteiger charge is -2.25. The van der Waals surface area contributed by atoms with Crippen molar-refractivity contribution in [3.63, 3.8) is 0 Å². The molecule has 0 aliphatic heterocycles. The number of nitrogens with zero attached hydrogens (tertiary/aromatic N) is 2. The fourth-order valence-corrected chi connectivity index (χ4v) is 3.77. The predicted molar refractivity (Wildman–Crippen MR) is 139 cm³/mol. The van der Waals surface area contributed by atoms with Gasteiger partial charge in [-0.3, -0.25) is 4.79 Å². The first-order chi connectivity index (χ1) is 16.0. The summed E-state index contributed by atoms with van der Waals surface area (Å²) in [5.41, 5.74) is 2.42. The van der Waals surface area contributed by atoms with Crippen molar-refractivity contribution < 1.29 is 14.4 Å². The maximum Gasteiger partial charge on any atom is 0.331 e. The number of ketones is 1. The van der Waals surface area contributed by atoms with Gasteiger partial charge in [-0.1, -0.05) is 66.7 Å². The van der Waals surface area contributed by atoms with E-state index in [9.17, 15) is 9.59 Å². The Labute approximate surface area is 201 Å². The molecule has 0 heterocycles. The van der Waals surface area contributed by atoms with Crippen LogP contribution in [0.3, 0.4) is 0 Å². The molecule has 6 heteroatoms. The van der Waals surface area contributed by atoms with Crippen molar-refractivity contribution in [2.24, 2.45) is 5.16 Å². The summed E-state index contributed by atoms with van der Waals surface area (Å²) in [6, 6.07) is 20.2. The molecule has 0 spiro atoms. The first-order valence-electron chi connectivity index (χ1n) is 11.1. The number of benzene rings is 2. The van der Waals surface area contributed by atoms with Gasteiger partial charge in [0.25, 0.3) is 0 Å². The standard InChI is InChI=1S/C27H32N2O3S/c1-4-13-25(33-3)18-11-20-27(31)26(28-32-22(2)30)19-12-21-29(23-14-7-5-8-15-23)24-16-9-6-10-17-24/h5-11,13-18H,4,12,19-21H2,1-3H3/b18-11-,25-13+,28-26+. The number of anilines is 2. The Morgan fingerprint density at radius 3 is 2.15 bits per heavy atom. The Morgan fingerprint density at radius 1 is 1.03 bits per heavy atom. The maximum atomic E-state index is 12.8. The topological polar surface area (TPSA) is 59.0 Å². The second kappa shape index (κ2) is 14.9. The Kier molecular flexibility index (Phi) is 11.8. The third kappa shape index (κ3) is 9.49. The molecule has 2 aromatic carbocycles. The molecule has 0 saturated heterocycles. The van der Waals surface area contributed by atoms with Gasteiger partial charge in [-0.2, -0.15) is 0 Å². The second-order valence-electron chi connectivity index (χ2n) is 7.30. The Bertz CT molecular complexity index is 930. The molecule has 0 fully saturated rings. The van der Waals surface area contributed by atoms with E-state index in [0.29, 0.717) is 19.4 Å². The van der Waals surface area contributed by atoms with E-state index in [1.807, 2.05) is 54.8 Å². The molecular formula is C27H32N2O3S. The molecule has 2 rings (SSSR count). The molecule has 0 aliphatic carbocycles. The maximum absolute atomic E-state index is 12.8. The summed E-state index contributed by atoms with van der Waals surface area (Å²) in [4.78, 5) is 32.2. The summed E-state index contributed by atoms with van der Waals surface area (Å²) >= 11 is 1.64. The lowest BCUT2D eigenvalue weighted by Crippen LogP contribution is -2.21. The van der Waals surface area contributed by atoms with Crippen LogP contribution in [0.2, 0.25) is 0 Å². The minimum absolute atomic E-state index is 0.143. The second-order valence-corrected chi connectivity index (χ2v) is 8.18. The predicted octanol–water partition coefficient (Wildman–Crippen LogP) is 6.70. The van der Waals surface area contributed by atoms with Crippen LogP contribution in [0.25, 0.3) is 0 Å². The molecule has 0 N–H and O–H groups in total. The first-order valence-corrected chi connectivity index (χ1v) is 12.3. The molecule has 0 atom stereocenters. The SMILES string of the molecule is CC/C=C(\C=C/CC(=O)/C(CCCN(c1ccccc1)c1ccccc1)=N/OC(C)=O)SC. The van der Waals surface area contributed by atoms with E-state index in [2.05, 4.69) is 47.3 Å². The number of thioether (sulfide) groups is 1. The molecule has 0 radical (unpaired) electrons. The summed E-state index contributed by atoms with van der Waals surface area (Å²) in [5.74, 6) is -0.683. The highest BCUT2D eigenvalue weighted by atomic mass is 32.2. The lowest BCUT2D eigenvalue weighted by molar-refractivity contribution is -0.140. The quantitative estimate of drug-likeness (QED) is 0.143. The summed E-state index contributed by atoms with van der Waals surface area (Å²) in [5, 5.41) is 3.87. The van der Waals surface area contributed by atoms with Crippen molar-refractivity contribution in [3.05, 3.63) is 83.8 Å². The number of Topliss-reactive ketones (excluding diaryl/α,β-unsaturated/α-hetero) is 1. The zero-order chi connectivity index (χ0) is 23.9. The largest absolute Gasteiger partial charge is 0.341 e. The normalized spacial score (nSPS) is 12.1. The molecule has 0 aromatic heterocycles. The van der Waals surface area contributed by atoms with Gasteiger partial charge >= 0.3 is 5.97 Å². The number of oxime groups is 1. The van der Waals surface area contributed by atoms with Gasteiger partial charge < -0.3 is 9.74 Å². The van der Waals surface area contributed by atoms with Crippen LogP contribution in [0.15, 0.2) is 89.0 Å². The van der Waals surface area contributed by atoms with E-state index in [4.69, 9.17) is 4.84 Å². The minimum atomic E-state index is -0.540. The van der Waals surface area contributed by atoms with Crippen LogP contribution in [0.1, 0.15) is 39.5 Å². The highest BCUT2D eigenvalue weighted by Gasteiger charge is 2.14. The molecule has 5 nitrogen and oxygen atoms in total. The monoisotopic (exact) mass is 464 g/mol. The highest BCUT2D eigenvalue weighted by molar-refractivity contribution is 8.02. The molecular weight excluding hydrogens is 432 g/mol. The number of rotatable bonds is 13. The number of carbonyl (C=O) groups excluding carboxylic acids is 2. The summed E-state index contributed by atoms with van der Waals surface area (Å²) in [6.45, 7) is 4.04. The zero-order valence-corrected chi connectivity index (χ0v) is 20.4. The molecule has 33 heavy (non-hydrogen) atoms. The first kappa shape index (κ1) is 26.1. The highest BCUT2D eigenvalue weighted by Crippen LogP contribution is 2.25. The fraction of sp³-hybridized carbons (Fsp3) is 0.296. The molecule has 2 aromatic rings. The smallest absolute Gasteiger partial charge is 0.331 e. The number of hydrogen-bond acceptors (Lipinski definition) is 6. The van der Waals surface area contributed by atoms with E-state index in [-0.39, 0.29) is 17.9 Å². The van der Waals surface area contributed by atoms with Crippen LogP contribution in [0.5, 0.6) is 0 Å². The van der Waals surface area contributed by atoms with Gasteiger partial charge in [-0.05, 0) is 49.8 Å². The van der Waals surface area contributed by atoms with Crippen LogP contribution in [0.4, 0.5) is 11.4 Å². The lowest BCUT2D eigenvalue weighted by atomic mass is 10.1. The number of para-hydroxylation sites is 2. The molecule has 0 aliphatic rings. The fourth-order valence-electron chi connectivity index (χ4n) is 3.20. The summed E-state index contributed by atoms with van der Waals surface area (Å²) in [7, 11) is 0. The van der Waals surface area contributed by atoms with Gasteiger partial charge in [0.05, 0.1) is 0 Å². The van der Waals surface area contributed by atoms with Crippen molar-refractivity contribution in [2.45, 2.75) is 39.5 Å². The molecule has 174 valence electrons. The third-order valence-electron chi connectivity index (χ3n) is 4.76. The average molecular weight is 465 g/mol. The van der Waals surface area contributed by atoms with Gasteiger partial charge in [-0.25, -0.2) is 4.79 Å². The van der Waals surface area contributed by atoms with Crippen molar-refractivity contribution in [1.82, 2.24) is 0 Å². The number of allylic oxidation sites excluding steroid dienone is 3. The third-order valence-corrected chi connectivity index (χ3v) is 5.54. The summed E-state index contributed by atoms with van der Waals surface area (Å²) in [6.07, 6.45) is 10.1. The van der Waals surface area contributed by atoms with Crippen molar-refractivity contribution in [2.75, 3.05) is 17.7 Å². The minimum Gasteiger partial charge on any atom is -0.341 e. The van der Waals surface area contributed by atoms with Crippen LogP contribution in [-0.2, 0) is 14.4 Å². The number of carbonyl (C=O) groups is 2. The zero-order valence-electron chi connectivity index (χ0n) is 19.6. The molecule has 0 amide bonds. The van der Waals surface area contributed by atoms with E-state index >= 15 is 0 Å². The van der Waals surface area contributed by atoms with Gasteiger partial charge in [0, 0.05) is 36.2 Å². The summed E-state index contributed by atoms with van der Waals surface area (Å²) < 4.78 is 0. The molecule has 0 bridgehead atoms. The Morgan fingerprint density at radius 2 is 1.64 bits per heavy atom. The van der Waals surface area contributed by atoms with E-state index < -0.39 is 5.97 Å². The van der Waals surface area contributed by atoms with Gasteiger partial charge in [-0.15, -0.1) is 11.8 Å². The van der Waals surface area contributed by atoms with Crippen molar-refractivity contribution >= 4 is 40.6 Å².